The molecule has 96 valence electrons. The van der Waals surface area contributed by atoms with Crippen molar-refractivity contribution in [1.29, 1.82) is 0 Å². The molecule has 0 amide bonds. The van der Waals surface area contributed by atoms with Gasteiger partial charge in [-0.3, -0.25) is 4.90 Å². The van der Waals surface area contributed by atoms with Crippen LogP contribution in [0.4, 0.5) is 0 Å². The third-order valence-electron chi connectivity index (χ3n) is 3.59. The van der Waals surface area contributed by atoms with Gasteiger partial charge in [0.2, 0.25) is 0 Å². The molecule has 2 N–H and O–H groups in total. The first-order valence-corrected chi connectivity index (χ1v) is 6.40. The highest BCUT2D eigenvalue weighted by Gasteiger charge is 2.34. The third kappa shape index (κ3) is 3.72. The van der Waals surface area contributed by atoms with Crippen LogP contribution in [-0.4, -0.2) is 42.8 Å². The van der Waals surface area contributed by atoms with E-state index in [4.69, 9.17) is 10.5 Å². The monoisotopic (exact) mass is 228 g/mol. The highest BCUT2D eigenvalue weighted by Crippen LogP contribution is 2.26. The summed E-state index contributed by atoms with van der Waals surface area (Å²) in [7, 11) is 0. The zero-order chi connectivity index (χ0) is 12.4. The fourth-order valence-corrected chi connectivity index (χ4v) is 2.57. The second-order valence-electron chi connectivity index (χ2n) is 6.23. The second kappa shape index (κ2) is 5.03. The van der Waals surface area contributed by atoms with Crippen LogP contribution in [-0.2, 0) is 4.74 Å². The lowest BCUT2D eigenvalue weighted by atomic mass is 9.86. The van der Waals surface area contributed by atoms with E-state index in [1.165, 1.54) is 0 Å². The number of ether oxygens (including phenoxy) is 1. The Balaban J connectivity index is 2.60. The van der Waals surface area contributed by atoms with Gasteiger partial charge in [-0.2, -0.15) is 0 Å². The molecular weight excluding hydrogens is 200 g/mol. The molecule has 0 aromatic heterocycles. The molecule has 0 aromatic carbocycles. The first-order valence-electron chi connectivity index (χ1n) is 6.40. The van der Waals surface area contributed by atoms with E-state index in [2.05, 4.69) is 39.5 Å². The minimum Gasteiger partial charge on any atom is -0.370 e. The Labute approximate surface area is 100 Å². The van der Waals surface area contributed by atoms with Gasteiger partial charge in [0.25, 0.3) is 0 Å². The molecule has 0 aliphatic carbocycles. The van der Waals surface area contributed by atoms with Crippen molar-refractivity contribution in [2.75, 3.05) is 26.2 Å². The zero-order valence-electron chi connectivity index (χ0n) is 11.5. The van der Waals surface area contributed by atoms with E-state index >= 15 is 0 Å². The molecule has 1 aliphatic rings. The van der Waals surface area contributed by atoms with Gasteiger partial charge in [0.05, 0.1) is 11.7 Å². The molecule has 1 rings (SSSR count). The lowest BCUT2D eigenvalue weighted by Gasteiger charge is -2.44. The quantitative estimate of drug-likeness (QED) is 0.798. The summed E-state index contributed by atoms with van der Waals surface area (Å²) in [4.78, 5) is 2.50. The summed E-state index contributed by atoms with van der Waals surface area (Å²) >= 11 is 0. The topological polar surface area (TPSA) is 38.5 Å². The fraction of sp³-hybridized carbons (Fsp3) is 1.00. The predicted molar refractivity (Wildman–Crippen MR) is 68.5 cm³/mol. The number of nitrogens with zero attached hydrogens (tertiary/aromatic N) is 1. The van der Waals surface area contributed by atoms with E-state index < -0.39 is 0 Å². The van der Waals surface area contributed by atoms with E-state index in [1.807, 2.05) is 0 Å². The summed E-state index contributed by atoms with van der Waals surface area (Å²) in [6.07, 6.45) is 1.46. The lowest BCUT2D eigenvalue weighted by Crippen LogP contribution is -2.54. The molecule has 2 unspecified atom stereocenters. The van der Waals surface area contributed by atoms with Crippen molar-refractivity contribution in [3.8, 4) is 0 Å². The van der Waals surface area contributed by atoms with Crippen LogP contribution in [0.15, 0.2) is 0 Å². The van der Waals surface area contributed by atoms with Gasteiger partial charge < -0.3 is 10.5 Å². The SMILES string of the molecule is CCC(C)(CN)CN1CC(C)OC(C)(C)C1. The molecule has 16 heavy (non-hydrogen) atoms. The molecule has 3 heteroatoms. The maximum atomic E-state index is 5.91. The Morgan fingerprint density at radius 3 is 2.56 bits per heavy atom. The average molecular weight is 228 g/mol. The molecule has 0 saturated carbocycles. The van der Waals surface area contributed by atoms with E-state index in [0.29, 0.717) is 6.10 Å². The smallest absolute Gasteiger partial charge is 0.0757 e. The van der Waals surface area contributed by atoms with E-state index in [-0.39, 0.29) is 11.0 Å². The normalized spacial score (nSPS) is 30.0. The molecule has 0 aromatic rings. The average Bonchev–Trinajstić information content (AvgIpc) is 2.14. The van der Waals surface area contributed by atoms with Crippen molar-refractivity contribution in [2.24, 2.45) is 11.1 Å². The minimum atomic E-state index is -0.0269. The fourth-order valence-electron chi connectivity index (χ4n) is 2.57. The molecular formula is C13H28N2O. The first-order chi connectivity index (χ1) is 7.30. The first kappa shape index (κ1) is 13.9. The Morgan fingerprint density at radius 2 is 2.12 bits per heavy atom. The van der Waals surface area contributed by atoms with Gasteiger partial charge in [-0.1, -0.05) is 13.8 Å². The Morgan fingerprint density at radius 1 is 1.50 bits per heavy atom. The summed E-state index contributed by atoms with van der Waals surface area (Å²) in [5, 5.41) is 0. The van der Waals surface area contributed by atoms with Gasteiger partial charge in [-0.05, 0) is 39.2 Å². The number of rotatable bonds is 4. The largest absolute Gasteiger partial charge is 0.370 e. The van der Waals surface area contributed by atoms with Gasteiger partial charge in [-0.15, -0.1) is 0 Å². The van der Waals surface area contributed by atoms with Crippen LogP contribution in [0.1, 0.15) is 41.0 Å². The van der Waals surface area contributed by atoms with Crippen molar-refractivity contribution < 1.29 is 4.74 Å². The van der Waals surface area contributed by atoms with Gasteiger partial charge in [-0.25, -0.2) is 0 Å². The van der Waals surface area contributed by atoms with Crippen LogP contribution in [0.5, 0.6) is 0 Å². The summed E-state index contributed by atoms with van der Waals surface area (Å²) in [5.41, 5.74) is 6.10. The van der Waals surface area contributed by atoms with Gasteiger partial charge in [0.15, 0.2) is 0 Å². The zero-order valence-corrected chi connectivity index (χ0v) is 11.5. The predicted octanol–water partition coefficient (Wildman–Crippen LogP) is 1.86. The molecule has 1 aliphatic heterocycles. The van der Waals surface area contributed by atoms with Crippen LogP contribution in [0, 0.1) is 5.41 Å². The van der Waals surface area contributed by atoms with Crippen LogP contribution < -0.4 is 5.73 Å². The van der Waals surface area contributed by atoms with Gasteiger partial charge >= 0.3 is 0 Å². The maximum Gasteiger partial charge on any atom is 0.0757 e. The standard InChI is InChI=1S/C13H28N2O/c1-6-13(5,8-14)10-15-7-11(2)16-12(3,4)9-15/h11H,6-10,14H2,1-5H3. The lowest BCUT2D eigenvalue weighted by molar-refractivity contribution is -0.134. The van der Waals surface area contributed by atoms with Crippen LogP contribution in [0.2, 0.25) is 0 Å². The van der Waals surface area contributed by atoms with Crippen molar-refractivity contribution in [1.82, 2.24) is 4.90 Å². The van der Waals surface area contributed by atoms with Crippen molar-refractivity contribution >= 4 is 0 Å². The number of morpholine rings is 1. The minimum absolute atomic E-state index is 0.0269. The van der Waals surface area contributed by atoms with Crippen molar-refractivity contribution in [3.05, 3.63) is 0 Å². The van der Waals surface area contributed by atoms with Crippen LogP contribution in [0.3, 0.4) is 0 Å². The van der Waals surface area contributed by atoms with Gasteiger partial charge in [0.1, 0.15) is 0 Å². The highest BCUT2D eigenvalue weighted by atomic mass is 16.5. The number of hydrogen-bond acceptors (Lipinski definition) is 3. The molecule has 3 nitrogen and oxygen atoms in total. The maximum absolute atomic E-state index is 5.91. The molecule has 0 radical (unpaired) electrons. The Hall–Kier alpha value is -0.120. The number of nitrogens with two attached hydrogens (primary N) is 1. The molecule has 2 atom stereocenters. The van der Waals surface area contributed by atoms with Gasteiger partial charge in [0, 0.05) is 19.6 Å². The van der Waals surface area contributed by atoms with Crippen LogP contribution in [0.25, 0.3) is 0 Å². The van der Waals surface area contributed by atoms with E-state index in [0.717, 1.165) is 32.6 Å². The third-order valence-corrected chi connectivity index (χ3v) is 3.59. The van der Waals surface area contributed by atoms with Crippen molar-refractivity contribution in [3.63, 3.8) is 0 Å². The summed E-state index contributed by atoms with van der Waals surface area (Å²) in [5.74, 6) is 0. The van der Waals surface area contributed by atoms with E-state index in [1.54, 1.807) is 0 Å². The molecule has 1 heterocycles. The summed E-state index contributed by atoms with van der Waals surface area (Å²) in [6, 6.07) is 0. The molecule has 0 bridgehead atoms. The number of hydrogen-bond donors (Lipinski definition) is 1. The Kier molecular flexibility index (Phi) is 4.38. The molecule has 0 spiro atoms. The Bertz CT molecular complexity index is 224. The summed E-state index contributed by atoms with van der Waals surface area (Å²) < 4.78 is 5.91. The van der Waals surface area contributed by atoms with Crippen LogP contribution >= 0.6 is 0 Å². The van der Waals surface area contributed by atoms with E-state index in [9.17, 15) is 0 Å². The highest BCUT2D eigenvalue weighted by molar-refractivity contribution is 4.86. The molecule has 1 saturated heterocycles. The van der Waals surface area contributed by atoms with Crippen molar-refractivity contribution in [2.45, 2.75) is 52.7 Å². The second-order valence-corrected chi connectivity index (χ2v) is 6.23. The molecule has 1 fully saturated rings. The summed E-state index contributed by atoms with van der Waals surface area (Å²) in [6.45, 7) is 14.9.